The highest BCUT2D eigenvalue weighted by atomic mass is 15.5. The number of rotatable bonds is 14. The normalized spacial score (nSPS) is 11.6. The highest BCUT2D eigenvalue weighted by Gasteiger charge is 2.14. The molecule has 2 rings (SSSR count). The van der Waals surface area contributed by atoms with Crippen LogP contribution in [0.4, 0.5) is 0 Å². The Morgan fingerprint density at radius 3 is 2.18 bits per heavy atom. The van der Waals surface area contributed by atoms with Crippen LogP contribution in [0.2, 0.25) is 0 Å². The fraction of sp³-hybridized carbons (Fsp3) is 0.652. The summed E-state index contributed by atoms with van der Waals surface area (Å²) in [6, 6.07) is 10.6. The molecule has 0 bridgehead atoms. The zero-order chi connectivity index (χ0) is 20.2. The lowest BCUT2D eigenvalue weighted by Gasteiger charge is -2.21. The van der Waals surface area contributed by atoms with E-state index >= 15 is 0 Å². The highest BCUT2D eigenvalue weighted by molar-refractivity contribution is 5.60. The number of aromatic nitrogens is 3. The number of unbranched alkanes of at least 4 members (excludes halogenated alkanes) is 2. The number of nitrogens with zero attached hydrogens (tertiary/aromatic N) is 4. The summed E-state index contributed by atoms with van der Waals surface area (Å²) < 4.78 is 0. The Hall–Kier alpha value is -1.72. The molecule has 0 saturated carbocycles. The van der Waals surface area contributed by atoms with E-state index in [0.717, 1.165) is 30.0 Å². The van der Waals surface area contributed by atoms with Crippen molar-refractivity contribution >= 4 is 0 Å². The molecule has 2 aromatic rings. The summed E-state index contributed by atoms with van der Waals surface area (Å²) in [6.45, 7) is 14.2. The summed E-state index contributed by atoms with van der Waals surface area (Å²) in [4.78, 5) is 4.45. The first-order valence-electron chi connectivity index (χ1n) is 11.1. The van der Waals surface area contributed by atoms with Gasteiger partial charge in [0.2, 0.25) is 0 Å². The van der Waals surface area contributed by atoms with Gasteiger partial charge in [-0.15, -0.1) is 0 Å². The van der Waals surface area contributed by atoms with Crippen molar-refractivity contribution in [2.24, 2.45) is 0 Å². The molecule has 156 valence electrons. The second-order valence-electron chi connectivity index (χ2n) is 7.85. The fourth-order valence-corrected chi connectivity index (χ4v) is 3.26. The van der Waals surface area contributed by atoms with Crippen LogP contribution in [-0.4, -0.2) is 46.1 Å². The summed E-state index contributed by atoms with van der Waals surface area (Å²) in [5.74, 6) is 0. The number of hydrogen-bond acceptors (Lipinski definition) is 4. The molecule has 0 aliphatic carbocycles. The Kier molecular flexibility index (Phi) is 10.2. The van der Waals surface area contributed by atoms with E-state index in [1.807, 2.05) is 10.9 Å². The summed E-state index contributed by atoms with van der Waals surface area (Å²) in [7, 11) is 0. The van der Waals surface area contributed by atoms with Crippen molar-refractivity contribution in [1.82, 2.24) is 25.2 Å². The third-order valence-corrected chi connectivity index (χ3v) is 4.98. The average Bonchev–Trinajstić information content (AvgIpc) is 3.14. The molecule has 1 aromatic heterocycles. The molecule has 1 aromatic carbocycles. The van der Waals surface area contributed by atoms with Crippen molar-refractivity contribution in [3.05, 3.63) is 36.0 Å². The van der Waals surface area contributed by atoms with Gasteiger partial charge in [0.05, 0.1) is 6.04 Å². The lowest BCUT2D eigenvalue weighted by Crippen LogP contribution is -2.29. The Morgan fingerprint density at radius 1 is 0.929 bits per heavy atom. The maximum Gasteiger partial charge on any atom is 0.117 e. The van der Waals surface area contributed by atoms with Gasteiger partial charge < -0.3 is 10.2 Å². The first-order chi connectivity index (χ1) is 13.7. The van der Waals surface area contributed by atoms with E-state index in [0.29, 0.717) is 0 Å². The quantitative estimate of drug-likeness (QED) is 0.470. The van der Waals surface area contributed by atoms with Gasteiger partial charge in [-0.2, -0.15) is 15.0 Å². The Labute approximate surface area is 171 Å². The minimum Gasteiger partial charge on any atom is -0.311 e. The monoisotopic (exact) mass is 385 g/mol. The highest BCUT2D eigenvalue weighted by Crippen LogP contribution is 2.21. The Balaban J connectivity index is 1.86. The largest absolute Gasteiger partial charge is 0.311 e. The van der Waals surface area contributed by atoms with Gasteiger partial charge in [0.15, 0.2) is 0 Å². The summed E-state index contributed by atoms with van der Waals surface area (Å²) in [6.07, 6.45) is 6.32. The molecule has 0 radical (unpaired) electrons. The van der Waals surface area contributed by atoms with Crippen molar-refractivity contribution in [2.45, 2.75) is 72.4 Å². The van der Waals surface area contributed by atoms with Crippen molar-refractivity contribution in [1.29, 1.82) is 0 Å². The molecule has 0 saturated heterocycles. The second kappa shape index (κ2) is 12.7. The number of benzene rings is 1. The lowest BCUT2D eigenvalue weighted by atomic mass is 10.1. The first-order valence-corrected chi connectivity index (χ1v) is 11.1. The van der Waals surface area contributed by atoms with Crippen LogP contribution in [-0.2, 0) is 6.54 Å². The van der Waals surface area contributed by atoms with Crippen molar-refractivity contribution in [2.75, 3.05) is 26.2 Å². The Bertz CT molecular complexity index is 642. The fourth-order valence-electron chi connectivity index (χ4n) is 3.26. The molecule has 5 nitrogen and oxygen atoms in total. The Morgan fingerprint density at radius 2 is 1.57 bits per heavy atom. The second-order valence-corrected chi connectivity index (χ2v) is 7.85. The molecular formula is C23H39N5. The van der Waals surface area contributed by atoms with Crippen LogP contribution in [0, 0.1) is 0 Å². The summed E-state index contributed by atoms with van der Waals surface area (Å²) >= 11 is 0. The van der Waals surface area contributed by atoms with Gasteiger partial charge in [-0.1, -0.05) is 57.0 Å². The van der Waals surface area contributed by atoms with E-state index in [-0.39, 0.29) is 6.04 Å². The lowest BCUT2D eigenvalue weighted by molar-refractivity contribution is 0.261. The van der Waals surface area contributed by atoms with E-state index in [2.05, 4.69) is 62.2 Å². The van der Waals surface area contributed by atoms with Crippen LogP contribution in [0.1, 0.15) is 71.5 Å². The third-order valence-electron chi connectivity index (χ3n) is 4.98. The molecule has 5 heteroatoms. The van der Waals surface area contributed by atoms with Crippen LogP contribution in [0.25, 0.3) is 11.3 Å². The van der Waals surface area contributed by atoms with Crippen LogP contribution in [0.5, 0.6) is 0 Å². The summed E-state index contributed by atoms with van der Waals surface area (Å²) in [5, 5.41) is 13.1. The van der Waals surface area contributed by atoms with E-state index < -0.39 is 0 Å². The first kappa shape index (κ1) is 22.6. The molecular weight excluding hydrogens is 346 g/mol. The smallest absolute Gasteiger partial charge is 0.117 e. The molecule has 0 fully saturated rings. The van der Waals surface area contributed by atoms with Crippen LogP contribution >= 0.6 is 0 Å². The maximum absolute atomic E-state index is 4.73. The van der Waals surface area contributed by atoms with Gasteiger partial charge in [0.1, 0.15) is 11.4 Å². The van der Waals surface area contributed by atoms with Crippen LogP contribution in [0.15, 0.2) is 30.3 Å². The predicted octanol–water partition coefficient (Wildman–Crippen LogP) is 4.91. The summed E-state index contributed by atoms with van der Waals surface area (Å²) in [5.41, 5.74) is 3.17. The average molecular weight is 386 g/mol. The van der Waals surface area contributed by atoms with Crippen LogP contribution < -0.4 is 5.32 Å². The zero-order valence-corrected chi connectivity index (χ0v) is 18.3. The zero-order valence-electron chi connectivity index (χ0n) is 18.3. The van der Waals surface area contributed by atoms with E-state index in [1.54, 1.807) is 0 Å². The van der Waals surface area contributed by atoms with Crippen molar-refractivity contribution in [3.8, 4) is 11.3 Å². The molecule has 0 aliphatic heterocycles. The predicted molar refractivity (Wildman–Crippen MR) is 118 cm³/mol. The van der Waals surface area contributed by atoms with Gasteiger partial charge in [-0.05, 0) is 59.3 Å². The number of hydrogen-bond donors (Lipinski definition) is 1. The van der Waals surface area contributed by atoms with Gasteiger partial charge in [-0.25, -0.2) is 0 Å². The van der Waals surface area contributed by atoms with Gasteiger partial charge in [0, 0.05) is 12.1 Å². The molecule has 0 atom stereocenters. The van der Waals surface area contributed by atoms with Crippen LogP contribution in [0.3, 0.4) is 0 Å². The molecule has 0 unspecified atom stereocenters. The topological polar surface area (TPSA) is 46.0 Å². The molecule has 1 heterocycles. The van der Waals surface area contributed by atoms with E-state index in [9.17, 15) is 0 Å². The van der Waals surface area contributed by atoms with E-state index in [4.69, 9.17) is 10.2 Å². The number of nitrogens with one attached hydrogen (secondary N) is 1. The molecule has 0 amide bonds. The standard InChI is InChI=1S/C23H39N5/c1-5-7-16-27(17-8-6-2)18-12-15-24-19-22-23(21-13-10-9-11-14-21)26-28(25-22)20(3)4/h9-11,13-14,20,24H,5-8,12,15-19H2,1-4H3. The molecule has 0 spiro atoms. The van der Waals surface area contributed by atoms with Gasteiger partial charge in [-0.3, -0.25) is 0 Å². The minimum absolute atomic E-state index is 0.266. The molecule has 28 heavy (non-hydrogen) atoms. The van der Waals surface area contributed by atoms with Gasteiger partial charge >= 0.3 is 0 Å². The molecule has 0 aliphatic rings. The minimum atomic E-state index is 0.266. The van der Waals surface area contributed by atoms with Gasteiger partial charge in [0.25, 0.3) is 0 Å². The SMILES string of the molecule is CCCCN(CCCC)CCCNCc1nn(C(C)C)nc1-c1ccccc1. The van der Waals surface area contributed by atoms with Crippen molar-refractivity contribution < 1.29 is 0 Å². The maximum atomic E-state index is 4.73. The molecule has 1 N–H and O–H groups in total. The third kappa shape index (κ3) is 7.36. The van der Waals surface area contributed by atoms with Crippen molar-refractivity contribution in [3.63, 3.8) is 0 Å². The van der Waals surface area contributed by atoms with E-state index in [1.165, 1.54) is 51.7 Å².